The van der Waals surface area contributed by atoms with Crippen LogP contribution in [0.4, 0.5) is 0 Å². The predicted octanol–water partition coefficient (Wildman–Crippen LogP) is 5.13. The molecule has 0 nitrogen and oxygen atoms in total. The number of aryl methyl sites for hydroxylation is 1. The van der Waals surface area contributed by atoms with Crippen LogP contribution in [0.5, 0.6) is 0 Å². The van der Waals surface area contributed by atoms with E-state index in [1.165, 1.54) is 27.8 Å². The molecule has 0 saturated heterocycles. The van der Waals surface area contributed by atoms with Crippen molar-refractivity contribution in [2.45, 2.75) is 6.92 Å². The molecule has 0 amide bonds. The van der Waals surface area contributed by atoms with Gasteiger partial charge in [-0.25, -0.2) is 0 Å². The summed E-state index contributed by atoms with van der Waals surface area (Å²) in [6.07, 6.45) is 0. The maximum Gasteiger partial charge on any atom is -0.00239 e. The van der Waals surface area contributed by atoms with Gasteiger partial charge >= 0.3 is 0 Å². The Kier molecular flexibility index (Phi) is 3.16. The van der Waals surface area contributed by atoms with E-state index in [-0.39, 0.29) is 0 Å². The molecule has 0 aliphatic rings. The quantitative estimate of drug-likeness (QED) is 0.585. The first-order valence-corrected chi connectivity index (χ1v) is 6.48. The van der Waals surface area contributed by atoms with Crippen LogP contribution in [0, 0.1) is 13.0 Å². The lowest BCUT2D eigenvalue weighted by molar-refractivity contribution is 1.45. The number of benzene rings is 3. The van der Waals surface area contributed by atoms with Gasteiger partial charge in [-0.3, -0.25) is 0 Å². The van der Waals surface area contributed by atoms with Crippen LogP contribution in [0.25, 0.3) is 22.3 Å². The van der Waals surface area contributed by atoms with Gasteiger partial charge in [0.2, 0.25) is 0 Å². The summed E-state index contributed by atoms with van der Waals surface area (Å²) in [4.78, 5) is 0. The third-order valence-corrected chi connectivity index (χ3v) is 3.33. The van der Waals surface area contributed by atoms with Crippen molar-refractivity contribution >= 4 is 0 Å². The van der Waals surface area contributed by atoms with Crippen LogP contribution in [0.15, 0.2) is 72.8 Å². The van der Waals surface area contributed by atoms with Crippen LogP contribution in [0.3, 0.4) is 0 Å². The van der Waals surface area contributed by atoms with E-state index >= 15 is 0 Å². The summed E-state index contributed by atoms with van der Waals surface area (Å²) in [5, 5.41) is 0. The number of hydrogen-bond acceptors (Lipinski definition) is 0. The summed E-state index contributed by atoms with van der Waals surface area (Å²) in [6.45, 7) is 2.16. The summed E-state index contributed by atoms with van der Waals surface area (Å²) in [5.41, 5.74) is 6.19. The van der Waals surface area contributed by atoms with Gasteiger partial charge in [0.25, 0.3) is 0 Å². The van der Waals surface area contributed by atoms with E-state index in [1.54, 1.807) is 0 Å². The zero-order valence-electron chi connectivity index (χ0n) is 10.9. The molecule has 0 saturated carbocycles. The molecule has 0 heterocycles. The standard InChI is InChI=1S/C19H15/c1-15-9-8-14-18(16-10-4-2-5-11-16)19(15)17-12-6-3-7-13-17/h2-13H,1H3. The Morgan fingerprint density at radius 1 is 0.684 bits per heavy atom. The van der Waals surface area contributed by atoms with Gasteiger partial charge in [-0.1, -0.05) is 72.8 Å². The fourth-order valence-electron chi connectivity index (χ4n) is 2.41. The second-order valence-electron chi connectivity index (χ2n) is 4.64. The highest BCUT2D eigenvalue weighted by atomic mass is 14.1. The number of hydrogen-bond donors (Lipinski definition) is 0. The molecule has 0 atom stereocenters. The van der Waals surface area contributed by atoms with Crippen LogP contribution >= 0.6 is 0 Å². The topological polar surface area (TPSA) is 0 Å². The third kappa shape index (κ3) is 2.30. The molecule has 1 radical (unpaired) electrons. The lowest BCUT2D eigenvalue weighted by Crippen LogP contribution is -1.89. The second kappa shape index (κ2) is 5.11. The highest BCUT2D eigenvalue weighted by Crippen LogP contribution is 2.33. The van der Waals surface area contributed by atoms with Crippen molar-refractivity contribution in [3.63, 3.8) is 0 Å². The Morgan fingerprint density at radius 3 is 1.89 bits per heavy atom. The molecular weight excluding hydrogens is 228 g/mol. The summed E-state index contributed by atoms with van der Waals surface area (Å²) in [6, 6.07) is 28.5. The third-order valence-electron chi connectivity index (χ3n) is 3.33. The lowest BCUT2D eigenvalue weighted by Gasteiger charge is -2.12. The molecule has 91 valence electrons. The Balaban J connectivity index is 2.25. The van der Waals surface area contributed by atoms with Crippen molar-refractivity contribution in [3.05, 3.63) is 84.4 Å². The fourth-order valence-corrected chi connectivity index (χ4v) is 2.41. The average molecular weight is 243 g/mol. The van der Waals surface area contributed by atoms with Crippen molar-refractivity contribution in [2.75, 3.05) is 0 Å². The zero-order chi connectivity index (χ0) is 13.1. The molecule has 0 heteroatoms. The molecule has 0 spiro atoms. The zero-order valence-corrected chi connectivity index (χ0v) is 10.9. The number of rotatable bonds is 2. The van der Waals surface area contributed by atoms with Crippen LogP contribution < -0.4 is 0 Å². The molecule has 19 heavy (non-hydrogen) atoms. The highest BCUT2D eigenvalue weighted by Gasteiger charge is 2.09. The van der Waals surface area contributed by atoms with Gasteiger partial charge in [0.15, 0.2) is 0 Å². The maximum absolute atomic E-state index is 3.39. The molecule has 0 bridgehead atoms. The Hall–Kier alpha value is -2.34. The summed E-state index contributed by atoms with van der Waals surface area (Å²) in [7, 11) is 0. The first kappa shape index (κ1) is 11.7. The Morgan fingerprint density at radius 2 is 1.26 bits per heavy atom. The van der Waals surface area contributed by atoms with Crippen molar-refractivity contribution < 1.29 is 0 Å². The van der Waals surface area contributed by atoms with Gasteiger partial charge in [-0.15, -0.1) is 0 Å². The highest BCUT2D eigenvalue weighted by molar-refractivity contribution is 5.85. The van der Waals surface area contributed by atoms with E-state index in [1.807, 2.05) is 18.2 Å². The first-order chi connectivity index (χ1) is 9.36. The van der Waals surface area contributed by atoms with Gasteiger partial charge in [0.05, 0.1) is 0 Å². The van der Waals surface area contributed by atoms with Gasteiger partial charge in [-0.05, 0) is 40.8 Å². The molecule has 0 aliphatic carbocycles. The molecule has 3 rings (SSSR count). The molecule has 3 aromatic carbocycles. The van der Waals surface area contributed by atoms with Gasteiger partial charge in [0.1, 0.15) is 0 Å². The van der Waals surface area contributed by atoms with E-state index in [4.69, 9.17) is 0 Å². The molecule has 3 aromatic rings. The lowest BCUT2D eigenvalue weighted by atomic mass is 9.91. The normalized spacial score (nSPS) is 10.4. The van der Waals surface area contributed by atoms with E-state index in [0.717, 1.165) is 0 Å². The summed E-state index contributed by atoms with van der Waals surface area (Å²) in [5.74, 6) is 0. The van der Waals surface area contributed by atoms with Crippen LogP contribution in [0.2, 0.25) is 0 Å². The largest absolute Gasteiger partial charge is 0.0622 e. The molecule has 0 aromatic heterocycles. The summed E-state index contributed by atoms with van der Waals surface area (Å²) < 4.78 is 0. The molecule has 0 aliphatic heterocycles. The predicted molar refractivity (Wildman–Crippen MR) is 80.9 cm³/mol. The molecule has 0 unspecified atom stereocenters. The maximum atomic E-state index is 3.39. The molecular formula is C19H15. The van der Waals surface area contributed by atoms with Gasteiger partial charge in [0, 0.05) is 0 Å². The summed E-state index contributed by atoms with van der Waals surface area (Å²) >= 11 is 0. The first-order valence-electron chi connectivity index (χ1n) is 6.48. The van der Waals surface area contributed by atoms with Crippen molar-refractivity contribution in [2.24, 2.45) is 0 Å². The Bertz CT molecular complexity index is 667. The van der Waals surface area contributed by atoms with Gasteiger partial charge < -0.3 is 0 Å². The fraction of sp³-hybridized carbons (Fsp3) is 0.0526. The average Bonchev–Trinajstić information content (AvgIpc) is 2.49. The van der Waals surface area contributed by atoms with Crippen molar-refractivity contribution in [1.29, 1.82) is 0 Å². The van der Waals surface area contributed by atoms with Crippen LogP contribution in [0.1, 0.15) is 5.56 Å². The minimum absolute atomic E-state index is 1.17. The smallest absolute Gasteiger partial charge is 0.00239 e. The van der Waals surface area contributed by atoms with Crippen molar-refractivity contribution in [3.8, 4) is 22.3 Å². The van der Waals surface area contributed by atoms with Crippen LogP contribution in [-0.2, 0) is 0 Å². The van der Waals surface area contributed by atoms with Crippen molar-refractivity contribution in [1.82, 2.24) is 0 Å². The monoisotopic (exact) mass is 243 g/mol. The second-order valence-corrected chi connectivity index (χ2v) is 4.64. The van der Waals surface area contributed by atoms with E-state index < -0.39 is 0 Å². The van der Waals surface area contributed by atoms with E-state index in [0.29, 0.717) is 0 Å². The minimum Gasteiger partial charge on any atom is -0.0622 e. The SMILES string of the molecule is Cc1cc[c]c(-c2ccccc2)c1-c1ccccc1. The van der Waals surface area contributed by atoms with E-state index in [2.05, 4.69) is 67.6 Å². The molecule has 0 N–H and O–H groups in total. The Labute approximate surface area is 114 Å². The van der Waals surface area contributed by atoms with Gasteiger partial charge in [-0.2, -0.15) is 0 Å². The minimum atomic E-state index is 1.17. The van der Waals surface area contributed by atoms with E-state index in [9.17, 15) is 0 Å². The molecule has 0 fully saturated rings. The van der Waals surface area contributed by atoms with Crippen LogP contribution in [-0.4, -0.2) is 0 Å².